The summed E-state index contributed by atoms with van der Waals surface area (Å²) in [7, 11) is 0. The summed E-state index contributed by atoms with van der Waals surface area (Å²) in [5.41, 5.74) is 5.27. The van der Waals surface area contributed by atoms with Crippen molar-refractivity contribution in [1.82, 2.24) is 4.98 Å². The zero-order valence-corrected chi connectivity index (χ0v) is 8.42. The van der Waals surface area contributed by atoms with Crippen molar-refractivity contribution in [2.75, 3.05) is 12.4 Å². The number of aromatic nitrogens is 1. The summed E-state index contributed by atoms with van der Waals surface area (Å²) in [5, 5.41) is 8.92. The molecular formula is C9H14N2OS. The SMILES string of the molecule is CC(N)(CO)CSc1ccncc1. The molecule has 13 heavy (non-hydrogen) atoms. The molecule has 3 nitrogen and oxygen atoms in total. The Labute approximate surface area is 82.4 Å². The topological polar surface area (TPSA) is 59.1 Å². The van der Waals surface area contributed by atoms with Gasteiger partial charge in [0.25, 0.3) is 0 Å². The fourth-order valence-corrected chi connectivity index (χ4v) is 1.63. The van der Waals surface area contributed by atoms with Crippen molar-refractivity contribution in [2.24, 2.45) is 5.73 Å². The van der Waals surface area contributed by atoms with Crippen LogP contribution in [0.1, 0.15) is 6.92 Å². The number of aliphatic hydroxyl groups excluding tert-OH is 1. The third kappa shape index (κ3) is 3.76. The van der Waals surface area contributed by atoms with Crippen molar-refractivity contribution in [3.8, 4) is 0 Å². The fraction of sp³-hybridized carbons (Fsp3) is 0.444. The first kappa shape index (κ1) is 10.5. The molecule has 0 amide bonds. The highest BCUT2D eigenvalue weighted by Crippen LogP contribution is 2.20. The molecular weight excluding hydrogens is 184 g/mol. The van der Waals surface area contributed by atoms with Crippen LogP contribution in [-0.2, 0) is 0 Å². The predicted molar refractivity (Wildman–Crippen MR) is 54.6 cm³/mol. The van der Waals surface area contributed by atoms with E-state index in [4.69, 9.17) is 10.8 Å². The molecule has 1 heterocycles. The number of rotatable bonds is 4. The quantitative estimate of drug-likeness (QED) is 0.705. The third-order valence-electron chi connectivity index (χ3n) is 1.58. The van der Waals surface area contributed by atoms with Crippen molar-refractivity contribution in [1.29, 1.82) is 0 Å². The Hall–Kier alpha value is -0.580. The normalized spacial score (nSPS) is 15.3. The molecule has 0 aliphatic rings. The van der Waals surface area contributed by atoms with Crippen LogP contribution in [0.4, 0.5) is 0 Å². The van der Waals surface area contributed by atoms with Gasteiger partial charge in [-0.05, 0) is 19.1 Å². The maximum Gasteiger partial charge on any atom is 0.0616 e. The number of thioether (sulfide) groups is 1. The lowest BCUT2D eigenvalue weighted by Crippen LogP contribution is -2.42. The van der Waals surface area contributed by atoms with Gasteiger partial charge in [-0.25, -0.2) is 0 Å². The number of nitrogens with zero attached hydrogens (tertiary/aromatic N) is 1. The zero-order valence-electron chi connectivity index (χ0n) is 7.60. The van der Waals surface area contributed by atoms with E-state index in [0.29, 0.717) is 5.75 Å². The van der Waals surface area contributed by atoms with Gasteiger partial charge in [-0.15, -0.1) is 11.8 Å². The minimum atomic E-state index is -0.506. The lowest BCUT2D eigenvalue weighted by atomic mass is 10.1. The molecule has 0 spiro atoms. The second-order valence-corrected chi connectivity index (χ2v) is 4.33. The minimum Gasteiger partial charge on any atom is -0.394 e. The molecule has 1 unspecified atom stereocenters. The number of aliphatic hydroxyl groups is 1. The number of hydrogen-bond acceptors (Lipinski definition) is 4. The van der Waals surface area contributed by atoms with Gasteiger partial charge in [-0.2, -0.15) is 0 Å². The summed E-state index contributed by atoms with van der Waals surface area (Å²) in [4.78, 5) is 5.04. The van der Waals surface area contributed by atoms with Gasteiger partial charge in [-0.3, -0.25) is 4.98 Å². The minimum absolute atomic E-state index is 0.00504. The van der Waals surface area contributed by atoms with Gasteiger partial charge in [0.2, 0.25) is 0 Å². The van der Waals surface area contributed by atoms with Gasteiger partial charge < -0.3 is 10.8 Å². The van der Waals surface area contributed by atoms with Crippen molar-refractivity contribution in [2.45, 2.75) is 17.4 Å². The molecule has 3 N–H and O–H groups in total. The second kappa shape index (κ2) is 4.60. The molecule has 0 saturated heterocycles. The number of pyridine rings is 1. The van der Waals surface area contributed by atoms with E-state index < -0.39 is 5.54 Å². The van der Waals surface area contributed by atoms with Crippen LogP contribution in [0.15, 0.2) is 29.4 Å². The number of hydrogen-bond donors (Lipinski definition) is 2. The summed E-state index contributed by atoms with van der Waals surface area (Å²) < 4.78 is 0. The maximum absolute atomic E-state index is 8.92. The van der Waals surface area contributed by atoms with Crippen LogP contribution < -0.4 is 5.73 Å². The van der Waals surface area contributed by atoms with E-state index in [-0.39, 0.29) is 6.61 Å². The molecule has 0 radical (unpaired) electrons. The lowest BCUT2D eigenvalue weighted by Gasteiger charge is -2.20. The molecule has 0 aromatic carbocycles. The second-order valence-electron chi connectivity index (χ2n) is 3.28. The molecule has 1 aromatic rings. The Morgan fingerprint density at radius 1 is 1.54 bits per heavy atom. The average molecular weight is 198 g/mol. The van der Waals surface area contributed by atoms with Crippen molar-refractivity contribution in [3.63, 3.8) is 0 Å². The highest BCUT2D eigenvalue weighted by atomic mass is 32.2. The first-order chi connectivity index (χ1) is 6.14. The van der Waals surface area contributed by atoms with Gasteiger partial charge in [0.1, 0.15) is 0 Å². The maximum atomic E-state index is 8.92. The van der Waals surface area contributed by atoms with Crippen molar-refractivity contribution in [3.05, 3.63) is 24.5 Å². The highest BCUT2D eigenvalue weighted by molar-refractivity contribution is 7.99. The highest BCUT2D eigenvalue weighted by Gasteiger charge is 2.16. The van der Waals surface area contributed by atoms with Crippen LogP contribution in [-0.4, -0.2) is 28.0 Å². The van der Waals surface area contributed by atoms with E-state index in [1.54, 1.807) is 24.2 Å². The van der Waals surface area contributed by atoms with Crippen LogP contribution >= 0.6 is 11.8 Å². The monoisotopic (exact) mass is 198 g/mol. The standard InChI is InChI=1S/C9H14N2OS/c1-9(10,6-12)7-13-8-2-4-11-5-3-8/h2-5,12H,6-7,10H2,1H3. The molecule has 0 fully saturated rings. The van der Waals surface area contributed by atoms with E-state index in [1.807, 2.05) is 19.1 Å². The van der Waals surface area contributed by atoms with Gasteiger partial charge >= 0.3 is 0 Å². The first-order valence-corrected chi connectivity index (χ1v) is 5.05. The van der Waals surface area contributed by atoms with E-state index in [1.165, 1.54) is 0 Å². The Bertz CT molecular complexity index is 251. The first-order valence-electron chi connectivity index (χ1n) is 4.07. The summed E-state index contributed by atoms with van der Waals surface area (Å²) in [6.07, 6.45) is 3.49. The van der Waals surface area contributed by atoms with Crippen LogP contribution in [0, 0.1) is 0 Å². The summed E-state index contributed by atoms with van der Waals surface area (Å²) in [5.74, 6) is 0.702. The molecule has 1 rings (SSSR count). The fourth-order valence-electron chi connectivity index (χ4n) is 0.728. The molecule has 0 aliphatic heterocycles. The third-order valence-corrected chi connectivity index (χ3v) is 2.99. The summed E-state index contributed by atoms with van der Waals surface area (Å²) in [6.45, 7) is 1.84. The molecule has 0 aliphatic carbocycles. The summed E-state index contributed by atoms with van der Waals surface area (Å²) >= 11 is 1.63. The van der Waals surface area contributed by atoms with Crippen LogP contribution in [0.25, 0.3) is 0 Å². The molecule has 72 valence electrons. The molecule has 0 bridgehead atoms. The van der Waals surface area contributed by atoms with E-state index >= 15 is 0 Å². The van der Waals surface area contributed by atoms with Gasteiger partial charge in [0.15, 0.2) is 0 Å². The average Bonchev–Trinajstić information content (AvgIpc) is 2.17. The molecule has 1 atom stereocenters. The Kier molecular flexibility index (Phi) is 3.71. The van der Waals surface area contributed by atoms with E-state index in [0.717, 1.165) is 4.90 Å². The van der Waals surface area contributed by atoms with Crippen LogP contribution in [0.5, 0.6) is 0 Å². The Balaban J connectivity index is 2.44. The Morgan fingerprint density at radius 3 is 2.69 bits per heavy atom. The Morgan fingerprint density at radius 2 is 2.15 bits per heavy atom. The van der Waals surface area contributed by atoms with Gasteiger partial charge in [0.05, 0.1) is 6.61 Å². The van der Waals surface area contributed by atoms with Gasteiger partial charge in [-0.1, -0.05) is 0 Å². The predicted octanol–water partition coefficient (Wildman–Crippen LogP) is 0.883. The van der Waals surface area contributed by atoms with Crippen molar-refractivity contribution >= 4 is 11.8 Å². The smallest absolute Gasteiger partial charge is 0.0616 e. The van der Waals surface area contributed by atoms with Gasteiger partial charge in [0, 0.05) is 28.6 Å². The molecule has 1 aromatic heterocycles. The van der Waals surface area contributed by atoms with Crippen molar-refractivity contribution < 1.29 is 5.11 Å². The largest absolute Gasteiger partial charge is 0.394 e. The molecule has 0 saturated carbocycles. The van der Waals surface area contributed by atoms with E-state index in [2.05, 4.69) is 4.98 Å². The summed E-state index contributed by atoms with van der Waals surface area (Å²) in [6, 6.07) is 3.86. The van der Waals surface area contributed by atoms with E-state index in [9.17, 15) is 0 Å². The lowest BCUT2D eigenvalue weighted by molar-refractivity contribution is 0.224. The molecule has 4 heteroatoms. The number of nitrogens with two attached hydrogens (primary N) is 1. The van der Waals surface area contributed by atoms with Crippen LogP contribution in [0.2, 0.25) is 0 Å². The zero-order chi connectivity index (χ0) is 9.73. The van der Waals surface area contributed by atoms with Crippen LogP contribution in [0.3, 0.4) is 0 Å².